The molecular formula is C20H15Cl2N3O5S. The maximum atomic E-state index is 12.6. The Hall–Kier alpha value is -2.98. The molecule has 0 spiro atoms. The Bertz CT molecular complexity index is 1280. The molecule has 0 saturated heterocycles. The van der Waals surface area contributed by atoms with Gasteiger partial charge < -0.3 is 5.32 Å². The van der Waals surface area contributed by atoms with Crippen molar-refractivity contribution >= 4 is 50.5 Å². The van der Waals surface area contributed by atoms with Crippen LogP contribution < -0.4 is 10.8 Å². The Morgan fingerprint density at radius 2 is 1.71 bits per heavy atom. The first-order valence-corrected chi connectivity index (χ1v) is 11.3. The Morgan fingerprint density at radius 3 is 2.29 bits per heavy atom. The highest BCUT2D eigenvalue weighted by Crippen LogP contribution is 2.30. The largest absolute Gasteiger partial charge is 0.322 e. The number of halogens is 2. The molecule has 0 fully saturated rings. The number of anilines is 1. The van der Waals surface area contributed by atoms with Gasteiger partial charge in [0, 0.05) is 23.7 Å². The summed E-state index contributed by atoms with van der Waals surface area (Å²) in [7, 11) is -3.45. The number of amides is 2. The molecule has 160 valence electrons. The molecule has 0 unspecified atom stereocenters. The zero-order valence-electron chi connectivity index (χ0n) is 15.9. The van der Waals surface area contributed by atoms with E-state index in [1.807, 2.05) is 0 Å². The van der Waals surface area contributed by atoms with Crippen LogP contribution >= 0.6 is 23.2 Å². The summed E-state index contributed by atoms with van der Waals surface area (Å²) in [4.78, 5) is 28.2. The van der Waals surface area contributed by atoms with Crippen molar-refractivity contribution in [3.05, 3.63) is 75.9 Å². The first kappa shape index (κ1) is 22.7. The third kappa shape index (κ3) is 5.20. The van der Waals surface area contributed by atoms with Crippen LogP contribution in [0.25, 0.3) is 11.3 Å². The van der Waals surface area contributed by atoms with Crippen LogP contribution in [-0.2, 0) is 9.84 Å². The first-order valence-electron chi connectivity index (χ1n) is 8.61. The van der Waals surface area contributed by atoms with Gasteiger partial charge in [-0.25, -0.2) is 13.9 Å². The van der Waals surface area contributed by atoms with Gasteiger partial charge in [0.25, 0.3) is 11.8 Å². The zero-order valence-corrected chi connectivity index (χ0v) is 18.2. The van der Waals surface area contributed by atoms with Crippen molar-refractivity contribution < 1.29 is 23.2 Å². The van der Waals surface area contributed by atoms with E-state index >= 15 is 0 Å². The molecule has 0 atom stereocenters. The molecule has 0 radical (unpaired) electrons. The maximum absolute atomic E-state index is 12.6. The van der Waals surface area contributed by atoms with E-state index in [1.165, 1.54) is 42.0 Å². The third-order valence-electron chi connectivity index (χ3n) is 4.24. The quantitative estimate of drug-likeness (QED) is 0.377. The average Bonchev–Trinajstić information content (AvgIpc) is 2.73. The Kier molecular flexibility index (Phi) is 6.61. The van der Waals surface area contributed by atoms with Crippen molar-refractivity contribution in [1.82, 2.24) is 10.5 Å². The van der Waals surface area contributed by atoms with Gasteiger partial charge in [0.05, 0.1) is 31.8 Å². The van der Waals surface area contributed by atoms with E-state index in [9.17, 15) is 18.0 Å². The molecule has 3 aromatic rings. The summed E-state index contributed by atoms with van der Waals surface area (Å²) in [6.07, 6.45) is 2.32. The molecule has 3 rings (SSSR count). The van der Waals surface area contributed by atoms with Gasteiger partial charge in [0.1, 0.15) is 0 Å². The molecule has 0 aliphatic rings. The number of carbonyl (C=O) groups is 2. The first-order chi connectivity index (χ1) is 14.6. The minimum absolute atomic E-state index is 0.00553. The van der Waals surface area contributed by atoms with Crippen LogP contribution in [0.5, 0.6) is 0 Å². The molecule has 11 heteroatoms. The molecular weight excluding hydrogens is 465 g/mol. The second-order valence-electron chi connectivity index (χ2n) is 6.44. The fourth-order valence-electron chi connectivity index (χ4n) is 2.66. The molecule has 0 bridgehead atoms. The molecule has 0 aliphatic heterocycles. The van der Waals surface area contributed by atoms with Crippen molar-refractivity contribution in [2.45, 2.75) is 4.90 Å². The summed E-state index contributed by atoms with van der Waals surface area (Å²) in [5, 5.41) is 11.7. The molecule has 31 heavy (non-hydrogen) atoms. The number of pyridine rings is 1. The highest BCUT2D eigenvalue weighted by Gasteiger charge is 2.16. The second-order valence-corrected chi connectivity index (χ2v) is 9.27. The van der Waals surface area contributed by atoms with Crippen LogP contribution in [-0.4, -0.2) is 36.7 Å². The monoisotopic (exact) mass is 479 g/mol. The van der Waals surface area contributed by atoms with Crippen LogP contribution in [0.2, 0.25) is 10.0 Å². The van der Waals surface area contributed by atoms with E-state index < -0.39 is 21.7 Å². The van der Waals surface area contributed by atoms with E-state index in [0.29, 0.717) is 22.0 Å². The van der Waals surface area contributed by atoms with Crippen LogP contribution in [0, 0.1) is 0 Å². The fraction of sp³-hybridized carbons (Fsp3) is 0.0500. The molecule has 1 aromatic heterocycles. The number of carbonyl (C=O) groups excluding carboxylic acids is 2. The highest BCUT2D eigenvalue weighted by molar-refractivity contribution is 7.90. The SMILES string of the molecule is CS(=O)(=O)c1ccc(C(=O)Nc2ccc(Cl)c(-c3ccc(C(=O)NO)cn3)c2)c(Cl)c1. The van der Waals surface area contributed by atoms with E-state index in [4.69, 9.17) is 28.4 Å². The Balaban J connectivity index is 1.87. The van der Waals surface area contributed by atoms with Crippen LogP contribution in [0.1, 0.15) is 20.7 Å². The number of benzene rings is 2. The predicted molar refractivity (Wildman–Crippen MR) is 116 cm³/mol. The Morgan fingerprint density at radius 1 is 0.968 bits per heavy atom. The number of hydroxylamine groups is 1. The van der Waals surface area contributed by atoms with Gasteiger partial charge in [-0.1, -0.05) is 23.2 Å². The number of nitrogens with zero attached hydrogens (tertiary/aromatic N) is 1. The number of aromatic nitrogens is 1. The topological polar surface area (TPSA) is 125 Å². The molecule has 2 aromatic carbocycles. The van der Waals surface area contributed by atoms with Crippen LogP contribution in [0.15, 0.2) is 59.6 Å². The van der Waals surface area contributed by atoms with Crippen molar-refractivity contribution in [2.75, 3.05) is 11.6 Å². The number of nitrogens with one attached hydrogen (secondary N) is 2. The summed E-state index contributed by atoms with van der Waals surface area (Å²) in [6, 6.07) is 11.6. The minimum Gasteiger partial charge on any atom is -0.322 e. The van der Waals surface area contributed by atoms with Crippen molar-refractivity contribution in [3.8, 4) is 11.3 Å². The predicted octanol–water partition coefficient (Wildman–Crippen LogP) is 3.83. The van der Waals surface area contributed by atoms with Gasteiger partial charge in [-0.05, 0) is 48.5 Å². The van der Waals surface area contributed by atoms with Crippen LogP contribution in [0.4, 0.5) is 5.69 Å². The lowest BCUT2D eigenvalue weighted by atomic mass is 10.1. The van der Waals surface area contributed by atoms with Gasteiger partial charge in [-0.2, -0.15) is 0 Å². The number of hydrogen-bond donors (Lipinski definition) is 3. The molecule has 3 N–H and O–H groups in total. The summed E-state index contributed by atoms with van der Waals surface area (Å²) >= 11 is 12.3. The average molecular weight is 480 g/mol. The number of hydrogen-bond acceptors (Lipinski definition) is 6. The van der Waals surface area contributed by atoms with E-state index in [0.717, 1.165) is 6.26 Å². The molecule has 0 saturated carbocycles. The van der Waals surface area contributed by atoms with E-state index in [2.05, 4.69) is 10.3 Å². The maximum Gasteiger partial charge on any atom is 0.276 e. The van der Waals surface area contributed by atoms with Gasteiger partial charge in [-0.15, -0.1) is 0 Å². The highest BCUT2D eigenvalue weighted by atomic mass is 35.5. The Labute approximate surface area is 187 Å². The standard InChI is InChI=1S/C20H15Cl2N3O5S/c1-31(29,30)13-4-5-14(17(22)9-13)20(27)24-12-3-6-16(21)15(8-12)18-7-2-11(10-23-18)19(26)25-28/h2-10,28H,1H3,(H,24,27)(H,25,26). The van der Waals surface area contributed by atoms with Crippen LogP contribution in [0.3, 0.4) is 0 Å². The summed E-state index contributed by atoms with van der Waals surface area (Å²) in [5.74, 6) is -1.24. The van der Waals surface area contributed by atoms with E-state index in [-0.39, 0.29) is 21.0 Å². The van der Waals surface area contributed by atoms with E-state index in [1.54, 1.807) is 18.2 Å². The molecule has 8 nitrogen and oxygen atoms in total. The van der Waals surface area contributed by atoms with Gasteiger partial charge in [-0.3, -0.25) is 19.8 Å². The molecule has 2 amide bonds. The normalized spacial score (nSPS) is 11.1. The van der Waals surface area contributed by atoms with Crippen molar-refractivity contribution in [3.63, 3.8) is 0 Å². The van der Waals surface area contributed by atoms with Gasteiger partial charge in [0.15, 0.2) is 9.84 Å². The third-order valence-corrected chi connectivity index (χ3v) is 5.99. The summed E-state index contributed by atoms with van der Waals surface area (Å²) in [6.45, 7) is 0. The van der Waals surface area contributed by atoms with Gasteiger partial charge in [0.2, 0.25) is 0 Å². The number of sulfone groups is 1. The zero-order chi connectivity index (χ0) is 22.8. The minimum atomic E-state index is -3.45. The lowest BCUT2D eigenvalue weighted by Crippen LogP contribution is -2.18. The second kappa shape index (κ2) is 9.03. The summed E-state index contributed by atoms with van der Waals surface area (Å²) < 4.78 is 23.2. The summed E-state index contributed by atoms with van der Waals surface area (Å²) in [5.41, 5.74) is 3.10. The smallest absolute Gasteiger partial charge is 0.276 e. The lowest BCUT2D eigenvalue weighted by molar-refractivity contribution is 0.0706. The number of rotatable bonds is 5. The molecule has 0 aliphatic carbocycles. The van der Waals surface area contributed by atoms with Crippen molar-refractivity contribution in [2.24, 2.45) is 0 Å². The molecule has 1 heterocycles. The van der Waals surface area contributed by atoms with Gasteiger partial charge >= 0.3 is 0 Å². The lowest BCUT2D eigenvalue weighted by Gasteiger charge is -2.11. The fourth-order valence-corrected chi connectivity index (χ4v) is 3.85. The van der Waals surface area contributed by atoms with Crippen molar-refractivity contribution in [1.29, 1.82) is 0 Å².